The van der Waals surface area contributed by atoms with Crippen LogP contribution in [0.15, 0.2) is 54.7 Å². The van der Waals surface area contributed by atoms with Crippen molar-refractivity contribution in [2.75, 3.05) is 7.11 Å². The fourth-order valence-corrected chi connectivity index (χ4v) is 5.19. The van der Waals surface area contributed by atoms with Crippen LogP contribution in [0.25, 0.3) is 11.3 Å². The number of methoxy groups -OCH3 is 1. The number of aromatic nitrogens is 2. The summed E-state index contributed by atoms with van der Waals surface area (Å²) in [5.74, 6) is 1.35. The molecule has 0 spiro atoms. The highest BCUT2D eigenvalue weighted by Gasteiger charge is 2.52. The Kier molecular flexibility index (Phi) is 10.4. The van der Waals surface area contributed by atoms with E-state index in [0.717, 1.165) is 18.7 Å². The topological polar surface area (TPSA) is 27.1 Å². The van der Waals surface area contributed by atoms with E-state index in [9.17, 15) is 0 Å². The van der Waals surface area contributed by atoms with Crippen LogP contribution in [-0.2, 0) is 11.3 Å². The van der Waals surface area contributed by atoms with Crippen molar-refractivity contribution in [2.24, 2.45) is 5.92 Å². The molecule has 1 aliphatic rings. The van der Waals surface area contributed by atoms with E-state index in [4.69, 9.17) is 9.84 Å². The first-order chi connectivity index (χ1) is 16.1. The molecule has 1 aliphatic carbocycles. The van der Waals surface area contributed by atoms with Gasteiger partial charge in [-0.25, -0.2) is 0 Å². The Hall–Kier alpha value is -2.39. The van der Waals surface area contributed by atoms with Gasteiger partial charge in [-0.05, 0) is 37.8 Å². The van der Waals surface area contributed by atoms with Gasteiger partial charge in [0.25, 0.3) is 0 Å². The maximum absolute atomic E-state index is 6.14. The lowest BCUT2D eigenvalue weighted by Crippen LogP contribution is -2.48. The number of hydrogen-bond donors (Lipinski definition) is 0. The lowest BCUT2D eigenvalue weighted by Gasteiger charge is -2.52. The highest BCUT2D eigenvalue weighted by Crippen LogP contribution is 2.57. The number of nitrogens with zero attached hydrogens (tertiary/aromatic N) is 2. The molecule has 0 bridgehead atoms. The molecule has 1 aromatic heterocycles. The van der Waals surface area contributed by atoms with Crippen LogP contribution in [-0.4, -0.2) is 23.0 Å². The molecular weight excluding hydrogens is 404 g/mol. The van der Waals surface area contributed by atoms with E-state index in [0.29, 0.717) is 17.8 Å². The summed E-state index contributed by atoms with van der Waals surface area (Å²) < 4.78 is 8.22. The van der Waals surface area contributed by atoms with Crippen molar-refractivity contribution < 1.29 is 4.74 Å². The molecule has 0 radical (unpaired) electrons. The number of hydrogen-bond acceptors (Lipinski definition) is 2. The van der Waals surface area contributed by atoms with Crippen LogP contribution in [0, 0.1) is 19.8 Å². The van der Waals surface area contributed by atoms with Gasteiger partial charge in [0.2, 0.25) is 0 Å². The van der Waals surface area contributed by atoms with Crippen LogP contribution < -0.4 is 0 Å². The second kappa shape index (κ2) is 12.7. The van der Waals surface area contributed by atoms with E-state index >= 15 is 0 Å². The van der Waals surface area contributed by atoms with E-state index in [1.807, 2.05) is 34.8 Å². The molecule has 3 nitrogen and oxygen atoms in total. The number of ether oxygens (including phenoxy) is 1. The smallest absolute Gasteiger partial charge is 0.0959 e. The normalized spacial score (nSPS) is 21.2. The van der Waals surface area contributed by atoms with Gasteiger partial charge in [-0.1, -0.05) is 95.1 Å². The Morgan fingerprint density at radius 3 is 2.09 bits per heavy atom. The molecule has 2 aromatic carbocycles. The van der Waals surface area contributed by atoms with Gasteiger partial charge in [0.1, 0.15) is 0 Å². The number of benzene rings is 2. The molecule has 1 fully saturated rings. The van der Waals surface area contributed by atoms with Crippen molar-refractivity contribution in [3.8, 4) is 11.3 Å². The van der Waals surface area contributed by atoms with E-state index in [2.05, 4.69) is 87.1 Å². The van der Waals surface area contributed by atoms with Crippen LogP contribution in [0.5, 0.6) is 0 Å². The lowest BCUT2D eigenvalue weighted by molar-refractivity contribution is -0.0520. The third-order valence-corrected chi connectivity index (χ3v) is 6.69. The average molecular weight is 449 g/mol. The van der Waals surface area contributed by atoms with Crippen molar-refractivity contribution in [3.63, 3.8) is 0 Å². The van der Waals surface area contributed by atoms with Crippen LogP contribution in [0.1, 0.15) is 82.1 Å². The van der Waals surface area contributed by atoms with Gasteiger partial charge in [0, 0.05) is 42.8 Å². The quantitative estimate of drug-likeness (QED) is 0.380. The van der Waals surface area contributed by atoms with Crippen molar-refractivity contribution in [3.05, 3.63) is 77.0 Å². The van der Waals surface area contributed by atoms with Crippen LogP contribution in [0.4, 0.5) is 0 Å². The summed E-state index contributed by atoms with van der Waals surface area (Å²) in [6, 6.07) is 17.4. The zero-order valence-corrected chi connectivity index (χ0v) is 22.2. The van der Waals surface area contributed by atoms with Crippen LogP contribution >= 0.6 is 0 Å². The fraction of sp³-hybridized carbons (Fsp3) is 0.500. The van der Waals surface area contributed by atoms with Crippen LogP contribution in [0.3, 0.4) is 0 Å². The van der Waals surface area contributed by atoms with Gasteiger partial charge in [-0.3, -0.25) is 4.68 Å². The molecule has 1 saturated carbocycles. The molecule has 0 N–H and O–H groups in total. The van der Waals surface area contributed by atoms with Crippen molar-refractivity contribution >= 4 is 0 Å². The van der Waals surface area contributed by atoms with E-state index < -0.39 is 0 Å². The Labute approximate surface area is 202 Å². The van der Waals surface area contributed by atoms with Crippen molar-refractivity contribution in [2.45, 2.75) is 86.3 Å². The molecule has 180 valence electrons. The third kappa shape index (κ3) is 5.41. The first-order valence-electron chi connectivity index (χ1n) is 12.8. The van der Waals surface area contributed by atoms with Gasteiger partial charge in [0.15, 0.2) is 0 Å². The predicted molar refractivity (Wildman–Crippen MR) is 142 cm³/mol. The Morgan fingerprint density at radius 1 is 0.879 bits per heavy atom. The molecule has 1 heterocycles. The summed E-state index contributed by atoms with van der Waals surface area (Å²) in [6.07, 6.45) is 3.56. The molecule has 3 heteroatoms. The van der Waals surface area contributed by atoms with Gasteiger partial charge < -0.3 is 4.74 Å². The van der Waals surface area contributed by atoms with Gasteiger partial charge in [-0.15, -0.1) is 0 Å². The van der Waals surface area contributed by atoms with Crippen molar-refractivity contribution in [1.29, 1.82) is 0 Å². The first kappa shape index (κ1) is 26.9. The summed E-state index contributed by atoms with van der Waals surface area (Å²) >= 11 is 0. The summed E-state index contributed by atoms with van der Waals surface area (Å²) in [7, 11) is 1.87. The molecule has 0 saturated heterocycles. The maximum Gasteiger partial charge on any atom is 0.0959 e. The monoisotopic (exact) mass is 448 g/mol. The zero-order chi connectivity index (χ0) is 24.5. The van der Waals surface area contributed by atoms with Crippen LogP contribution in [0.2, 0.25) is 0 Å². The maximum atomic E-state index is 6.14. The molecule has 3 aromatic rings. The van der Waals surface area contributed by atoms with E-state index in [-0.39, 0.29) is 6.10 Å². The standard InChI is InChI=1S/C26H32N2O.2C2H6/c1-6-20-23(21-15-17(3)13-14-18(21)4)26(29-5)24(20)22-16-28(7-2)27-25(22)19-11-9-8-10-12-19;2*1-2/h8-16,20,23-24,26H,6-7H2,1-5H3;2*1-2H3. The summed E-state index contributed by atoms with van der Waals surface area (Å²) in [6.45, 7) is 17.7. The summed E-state index contributed by atoms with van der Waals surface area (Å²) in [5, 5.41) is 4.93. The molecule has 33 heavy (non-hydrogen) atoms. The lowest BCUT2D eigenvalue weighted by atomic mass is 9.56. The number of rotatable bonds is 6. The second-order valence-electron chi connectivity index (χ2n) is 8.34. The largest absolute Gasteiger partial charge is 0.380 e. The summed E-state index contributed by atoms with van der Waals surface area (Å²) in [4.78, 5) is 0. The SMILES string of the molecule is CC.CC.CCC1C(c2cc(C)ccc2C)C(OC)C1c1cn(CC)nc1-c1ccccc1. The molecule has 0 aliphatic heterocycles. The van der Waals surface area contributed by atoms with Gasteiger partial charge in [-0.2, -0.15) is 5.10 Å². The molecule has 4 atom stereocenters. The van der Waals surface area contributed by atoms with E-state index in [1.54, 1.807) is 0 Å². The van der Waals surface area contributed by atoms with E-state index in [1.165, 1.54) is 27.8 Å². The zero-order valence-electron chi connectivity index (χ0n) is 22.2. The fourth-order valence-electron chi connectivity index (χ4n) is 5.19. The molecule has 4 unspecified atom stereocenters. The Bertz CT molecular complexity index is 964. The molecular formula is C30H44N2O. The Morgan fingerprint density at radius 2 is 1.52 bits per heavy atom. The predicted octanol–water partition coefficient (Wildman–Crippen LogP) is 8.16. The molecule has 0 amide bonds. The number of aryl methyl sites for hydroxylation is 3. The van der Waals surface area contributed by atoms with Crippen molar-refractivity contribution in [1.82, 2.24) is 9.78 Å². The molecule has 4 rings (SSSR count). The second-order valence-corrected chi connectivity index (χ2v) is 8.34. The first-order valence-corrected chi connectivity index (χ1v) is 12.8. The van der Waals surface area contributed by atoms with Gasteiger partial charge >= 0.3 is 0 Å². The minimum absolute atomic E-state index is 0.178. The highest BCUT2D eigenvalue weighted by atomic mass is 16.5. The highest BCUT2D eigenvalue weighted by molar-refractivity contribution is 5.64. The van der Waals surface area contributed by atoms with Gasteiger partial charge in [0.05, 0.1) is 11.8 Å². The minimum Gasteiger partial charge on any atom is -0.380 e. The third-order valence-electron chi connectivity index (χ3n) is 6.69. The minimum atomic E-state index is 0.178. The summed E-state index contributed by atoms with van der Waals surface area (Å²) in [5.41, 5.74) is 7.77. The average Bonchev–Trinajstić information content (AvgIpc) is 3.28. The Balaban J connectivity index is 0.000000914.